The number of carbonyl (C=O) groups excluding carboxylic acids is 2. The third kappa shape index (κ3) is 2.35. The molecule has 5 heteroatoms. The molecule has 5 rings (SSSR count). The van der Waals surface area contributed by atoms with Crippen molar-refractivity contribution in [3.05, 3.63) is 65.4 Å². The molecule has 0 fully saturated rings. The van der Waals surface area contributed by atoms with Gasteiger partial charge in [0, 0.05) is 36.0 Å². The molecule has 0 bridgehead atoms. The van der Waals surface area contributed by atoms with Gasteiger partial charge in [0.1, 0.15) is 0 Å². The van der Waals surface area contributed by atoms with Gasteiger partial charge in [-0.15, -0.1) is 0 Å². The molecule has 1 spiro atoms. The number of carbonyl (C=O) groups is 2. The Bertz CT molecular complexity index is 1160. The number of hydrogen-bond donors (Lipinski definition) is 1. The standard InChI is InChI=1S/C25H27N3O2/c1-4-22(29)28-14-13-18-17-9-5-7-11-20(17)26-23(18)25(28)19-10-6-8-12-21(19)27(24(25)30)15-16(2)3/h5-12,16,26H,4,13-15H2,1-3H3/t25-/m0/s1. The number of aromatic amines is 1. The predicted molar refractivity (Wildman–Crippen MR) is 118 cm³/mol. The molecule has 0 saturated carbocycles. The molecule has 30 heavy (non-hydrogen) atoms. The molecule has 0 unspecified atom stereocenters. The second-order valence-corrected chi connectivity index (χ2v) is 8.71. The lowest BCUT2D eigenvalue weighted by Gasteiger charge is -2.43. The van der Waals surface area contributed by atoms with E-state index < -0.39 is 5.54 Å². The van der Waals surface area contributed by atoms with E-state index in [1.807, 2.05) is 59.2 Å². The molecule has 2 aliphatic heterocycles. The highest BCUT2D eigenvalue weighted by Gasteiger charge is 2.60. The molecular weight excluding hydrogens is 374 g/mol. The summed E-state index contributed by atoms with van der Waals surface area (Å²) < 4.78 is 0. The van der Waals surface area contributed by atoms with Crippen molar-refractivity contribution in [2.24, 2.45) is 5.92 Å². The maximum absolute atomic E-state index is 14.3. The third-order valence-corrected chi connectivity index (χ3v) is 6.46. The van der Waals surface area contributed by atoms with Crippen LogP contribution in [-0.2, 0) is 21.5 Å². The van der Waals surface area contributed by atoms with Crippen molar-refractivity contribution in [2.45, 2.75) is 39.2 Å². The van der Waals surface area contributed by atoms with Crippen molar-refractivity contribution in [1.82, 2.24) is 9.88 Å². The molecule has 0 saturated heterocycles. The quantitative estimate of drug-likeness (QED) is 0.715. The summed E-state index contributed by atoms with van der Waals surface area (Å²) in [4.78, 5) is 34.7. The van der Waals surface area contributed by atoms with Crippen molar-refractivity contribution < 1.29 is 9.59 Å². The number of nitrogens with zero attached hydrogens (tertiary/aromatic N) is 2. The molecule has 5 nitrogen and oxygen atoms in total. The number of H-pyrrole nitrogens is 1. The van der Waals surface area contributed by atoms with Crippen LogP contribution in [0.15, 0.2) is 48.5 Å². The summed E-state index contributed by atoms with van der Waals surface area (Å²) in [5, 5.41) is 1.14. The number of aromatic nitrogens is 1. The normalized spacial score (nSPS) is 20.3. The molecule has 1 atom stereocenters. The largest absolute Gasteiger partial charge is 0.355 e. The number of anilines is 1. The van der Waals surface area contributed by atoms with E-state index in [0.717, 1.165) is 39.8 Å². The van der Waals surface area contributed by atoms with E-state index in [2.05, 4.69) is 24.9 Å². The van der Waals surface area contributed by atoms with E-state index in [-0.39, 0.29) is 11.8 Å². The molecular formula is C25H27N3O2. The second kappa shape index (κ2) is 6.73. The number of rotatable bonds is 3. The Balaban J connectivity index is 1.85. The van der Waals surface area contributed by atoms with E-state index in [4.69, 9.17) is 0 Å². The van der Waals surface area contributed by atoms with Crippen LogP contribution < -0.4 is 4.90 Å². The Kier molecular flexibility index (Phi) is 4.24. The molecule has 3 aromatic rings. The second-order valence-electron chi connectivity index (χ2n) is 8.71. The fraction of sp³-hybridized carbons (Fsp3) is 0.360. The number of amides is 2. The summed E-state index contributed by atoms with van der Waals surface area (Å²) in [6, 6.07) is 16.2. The molecule has 3 heterocycles. The molecule has 154 valence electrons. The SMILES string of the molecule is CCC(=O)N1CCc2c([nH]c3ccccc23)[C@@]12C(=O)N(CC(C)C)c1ccccc12. The Labute approximate surface area is 176 Å². The number of para-hydroxylation sites is 2. The van der Waals surface area contributed by atoms with Crippen LogP contribution in [0.25, 0.3) is 10.9 Å². The Morgan fingerprint density at radius 3 is 2.63 bits per heavy atom. The summed E-state index contributed by atoms with van der Waals surface area (Å²) >= 11 is 0. The summed E-state index contributed by atoms with van der Waals surface area (Å²) in [7, 11) is 0. The summed E-state index contributed by atoms with van der Waals surface area (Å²) in [6.07, 6.45) is 1.11. The van der Waals surface area contributed by atoms with Crippen LogP contribution in [0.1, 0.15) is 44.0 Å². The van der Waals surface area contributed by atoms with Gasteiger partial charge in [0.2, 0.25) is 5.91 Å². The van der Waals surface area contributed by atoms with Crippen molar-refractivity contribution in [2.75, 3.05) is 18.0 Å². The van der Waals surface area contributed by atoms with Crippen molar-refractivity contribution in [3.8, 4) is 0 Å². The zero-order chi connectivity index (χ0) is 21.0. The molecule has 0 aliphatic carbocycles. The lowest BCUT2D eigenvalue weighted by Crippen LogP contribution is -2.59. The molecule has 2 aliphatic rings. The summed E-state index contributed by atoms with van der Waals surface area (Å²) in [6.45, 7) is 7.27. The number of hydrogen-bond acceptors (Lipinski definition) is 2. The van der Waals surface area contributed by atoms with Gasteiger partial charge in [0.15, 0.2) is 5.54 Å². The number of benzene rings is 2. The van der Waals surface area contributed by atoms with E-state index in [1.54, 1.807) is 0 Å². The van der Waals surface area contributed by atoms with E-state index >= 15 is 0 Å². The van der Waals surface area contributed by atoms with Gasteiger partial charge in [0.25, 0.3) is 5.91 Å². The Hall–Kier alpha value is -3.08. The number of nitrogens with one attached hydrogen (secondary N) is 1. The van der Waals surface area contributed by atoms with Crippen LogP contribution in [0.5, 0.6) is 0 Å². The topological polar surface area (TPSA) is 56.4 Å². The van der Waals surface area contributed by atoms with Gasteiger partial charge in [-0.1, -0.05) is 57.2 Å². The monoisotopic (exact) mass is 401 g/mol. The molecule has 0 radical (unpaired) electrons. The molecule has 2 aromatic carbocycles. The smallest absolute Gasteiger partial charge is 0.264 e. The van der Waals surface area contributed by atoms with Crippen LogP contribution >= 0.6 is 0 Å². The minimum atomic E-state index is -1.12. The summed E-state index contributed by atoms with van der Waals surface area (Å²) in [5.74, 6) is 0.304. The van der Waals surface area contributed by atoms with Crippen LogP contribution in [0.2, 0.25) is 0 Å². The first-order valence-corrected chi connectivity index (χ1v) is 10.8. The van der Waals surface area contributed by atoms with Crippen molar-refractivity contribution >= 4 is 28.4 Å². The minimum Gasteiger partial charge on any atom is -0.355 e. The third-order valence-electron chi connectivity index (χ3n) is 6.46. The first-order chi connectivity index (χ1) is 14.5. The lowest BCUT2D eigenvalue weighted by molar-refractivity contribution is -0.144. The minimum absolute atomic E-state index is 0.00820. The number of fused-ring (bicyclic) bond motifs is 6. The van der Waals surface area contributed by atoms with Crippen LogP contribution in [0.4, 0.5) is 5.69 Å². The zero-order valence-corrected chi connectivity index (χ0v) is 17.7. The first-order valence-electron chi connectivity index (χ1n) is 10.8. The van der Waals surface area contributed by atoms with Gasteiger partial charge in [-0.3, -0.25) is 9.59 Å². The first kappa shape index (κ1) is 18.9. The van der Waals surface area contributed by atoms with Crippen LogP contribution in [-0.4, -0.2) is 34.8 Å². The summed E-state index contributed by atoms with van der Waals surface area (Å²) in [5.41, 5.74) is 3.73. The van der Waals surface area contributed by atoms with Gasteiger partial charge in [-0.05, 0) is 30.0 Å². The van der Waals surface area contributed by atoms with Crippen molar-refractivity contribution in [1.29, 1.82) is 0 Å². The maximum atomic E-state index is 14.3. The highest BCUT2D eigenvalue weighted by Crippen LogP contribution is 2.52. The van der Waals surface area contributed by atoms with Gasteiger partial charge >= 0.3 is 0 Å². The average molecular weight is 402 g/mol. The molecule has 1 N–H and O–H groups in total. The lowest BCUT2D eigenvalue weighted by atomic mass is 9.79. The fourth-order valence-corrected chi connectivity index (χ4v) is 5.28. The highest BCUT2D eigenvalue weighted by molar-refractivity contribution is 6.12. The Morgan fingerprint density at radius 2 is 1.87 bits per heavy atom. The van der Waals surface area contributed by atoms with Gasteiger partial charge < -0.3 is 14.8 Å². The Morgan fingerprint density at radius 1 is 1.13 bits per heavy atom. The van der Waals surface area contributed by atoms with Gasteiger partial charge in [-0.25, -0.2) is 0 Å². The molecule has 2 amide bonds. The highest BCUT2D eigenvalue weighted by atomic mass is 16.2. The van der Waals surface area contributed by atoms with Crippen LogP contribution in [0.3, 0.4) is 0 Å². The van der Waals surface area contributed by atoms with Gasteiger partial charge in [-0.2, -0.15) is 0 Å². The average Bonchev–Trinajstić information content (AvgIpc) is 3.24. The molecule has 1 aromatic heterocycles. The maximum Gasteiger partial charge on any atom is 0.264 e. The van der Waals surface area contributed by atoms with E-state index in [0.29, 0.717) is 25.4 Å². The van der Waals surface area contributed by atoms with E-state index in [1.165, 1.54) is 0 Å². The predicted octanol–water partition coefficient (Wildman–Crippen LogP) is 4.21. The van der Waals surface area contributed by atoms with Gasteiger partial charge in [0.05, 0.1) is 11.4 Å². The van der Waals surface area contributed by atoms with E-state index in [9.17, 15) is 9.59 Å². The van der Waals surface area contributed by atoms with Crippen molar-refractivity contribution in [3.63, 3.8) is 0 Å². The fourth-order valence-electron chi connectivity index (χ4n) is 5.28. The zero-order valence-electron chi connectivity index (χ0n) is 17.7. The van der Waals surface area contributed by atoms with Crippen LogP contribution in [0, 0.1) is 5.92 Å².